The Hall–Kier alpha value is -2.77. The van der Waals surface area contributed by atoms with Gasteiger partial charge in [-0.25, -0.2) is 4.79 Å². The number of ether oxygens (including phenoxy) is 1. The number of carboxylic acid groups (broad SMARTS) is 1. The van der Waals surface area contributed by atoms with Crippen molar-refractivity contribution in [1.29, 1.82) is 0 Å². The Bertz CT molecular complexity index is 869. The van der Waals surface area contributed by atoms with Crippen LogP contribution in [0.4, 0.5) is 5.69 Å². The molecule has 172 valence electrons. The molecule has 1 atom stereocenters. The van der Waals surface area contributed by atoms with E-state index >= 15 is 0 Å². The van der Waals surface area contributed by atoms with E-state index in [0.717, 1.165) is 36.1 Å². The van der Waals surface area contributed by atoms with Crippen molar-refractivity contribution in [2.75, 3.05) is 25.6 Å². The predicted octanol–water partition coefficient (Wildman–Crippen LogP) is 4.47. The highest BCUT2D eigenvalue weighted by Crippen LogP contribution is 2.13. The fourth-order valence-corrected chi connectivity index (χ4v) is 3.43. The molecule has 0 saturated carbocycles. The summed E-state index contributed by atoms with van der Waals surface area (Å²) in [5.41, 5.74) is 2.81. The summed E-state index contributed by atoms with van der Waals surface area (Å²) < 4.78 is 5.60. The van der Waals surface area contributed by atoms with Crippen molar-refractivity contribution in [3.8, 4) is 0 Å². The number of hydrogen-bond acceptors (Lipinski definition) is 5. The fourth-order valence-electron chi connectivity index (χ4n) is 3.14. The molecule has 0 heterocycles. The van der Waals surface area contributed by atoms with Gasteiger partial charge in [0.05, 0.1) is 18.2 Å². The van der Waals surface area contributed by atoms with E-state index in [2.05, 4.69) is 5.32 Å². The van der Waals surface area contributed by atoms with E-state index in [-0.39, 0.29) is 12.4 Å². The summed E-state index contributed by atoms with van der Waals surface area (Å²) in [7, 11) is 3.95. The lowest BCUT2D eigenvalue weighted by Crippen LogP contribution is -2.43. The van der Waals surface area contributed by atoms with E-state index in [9.17, 15) is 14.7 Å². The molecule has 2 rings (SSSR count). The first-order valence-corrected chi connectivity index (χ1v) is 11.2. The zero-order valence-corrected chi connectivity index (χ0v) is 19.6. The summed E-state index contributed by atoms with van der Waals surface area (Å²) in [6.07, 6.45) is 3.54. The maximum atomic E-state index is 12.1. The number of aliphatic carboxylic acids is 1. The van der Waals surface area contributed by atoms with Gasteiger partial charge in [-0.3, -0.25) is 4.79 Å². The maximum Gasteiger partial charge on any atom is 0.328 e. The first-order valence-electron chi connectivity index (χ1n) is 10.8. The van der Waals surface area contributed by atoms with Gasteiger partial charge < -0.3 is 20.1 Å². The number of benzene rings is 2. The van der Waals surface area contributed by atoms with E-state index < -0.39 is 12.0 Å². The van der Waals surface area contributed by atoms with Gasteiger partial charge in [0.15, 0.2) is 5.78 Å². The number of thiocarbonyl (C=S) groups is 1. The van der Waals surface area contributed by atoms with Crippen LogP contribution in [0.5, 0.6) is 0 Å². The Morgan fingerprint density at radius 1 is 1.00 bits per heavy atom. The lowest BCUT2D eigenvalue weighted by molar-refractivity contribution is -0.140. The van der Waals surface area contributed by atoms with Crippen LogP contribution in [0.3, 0.4) is 0 Å². The molecular formula is C25H32N2O4S. The van der Waals surface area contributed by atoms with Gasteiger partial charge in [0, 0.05) is 31.8 Å². The molecule has 0 radical (unpaired) electrons. The third-order valence-corrected chi connectivity index (χ3v) is 5.36. The topological polar surface area (TPSA) is 78.9 Å². The zero-order valence-electron chi connectivity index (χ0n) is 18.8. The largest absolute Gasteiger partial charge is 0.480 e. The third kappa shape index (κ3) is 9.16. The molecule has 0 bridgehead atoms. The quantitative estimate of drug-likeness (QED) is 0.247. The SMILES string of the molecule is CN(C)c1ccc(COC[C@H](NC(=S)CCCCCC(=O)c2ccccc2)C(=O)O)cc1. The first kappa shape index (κ1) is 25.5. The molecule has 7 heteroatoms. The molecule has 0 spiro atoms. The molecule has 0 fully saturated rings. The van der Waals surface area contributed by atoms with E-state index in [4.69, 9.17) is 17.0 Å². The van der Waals surface area contributed by atoms with Crippen molar-refractivity contribution in [1.82, 2.24) is 5.32 Å². The molecule has 2 N–H and O–H groups in total. The zero-order chi connectivity index (χ0) is 23.3. The lowest BCUT2D eigenvalue weighted by Gasteiger charge is -2.17. The molecule has 0 aliphatic rings. The van der Waals surface area contributed by atoms with Crippen molar-refractivity contribution >= 4 is 34.6 Å². The highest BCUT2D eigenvalue weighted by Gasteiger charge is 2.18. The Morgan fingerprint density at radius 2 is 1.66 bits per heavy atom. The summed E-state index contributed by atoms with van der Waals surface area (Å²) in [5, 5.41) is 12.3. The molecular weight excluding hydrogens is 424 g/mol. The minimum atomic E-state index is -0.997. The van der Waals surface area contributed by atoms with Crippen molar-refractivity contribution in [2.45, 2.75) is 44.8 Å². The Kier molecular flexibility index (Phi) is 10.8. The van der Waals surface area contributed by atoms with Gasteiger partial charge in [0.1, 0.15) is 6.04 Å². The van der Waals surface area contributed by atoms with E-state index in [1.54, 1.807) is 0 Å². The summed E-state index contributed by atoms with van der Waals surface area (Å²) in [4.78, 5) is 26.1. The highest BCUT2D eigenvalue weighted by molar-refractivity contribution is 7.80. The maximum absolute atomic E-state index is 12.1. The lowest BCUT2D eigenvalue weighted by atomic mass is 10.0. The van der Waals surface area contributed by atoms with Crippen molar-refractivity contribution in [3.05, 3.63) is 65.7 Å². The number of carbonyl (C=O) groups is 2. The number of rotatable bonds is 14. The summed E-state index contributed by atoms with van der Waals surface area (Å²) in [6, 6.07) is 16.3. The number of nitrogens with zero attached hydrogens (tertiary/aromatic N) is 1. The molecule has 0 aliphatic heterocycles. The molecule has 0 saturated heterocycles. The van der Waals surface area contributed by atoms with Gasteiger partial charge in [-0.05, 0) is 37.0 Å². The van der Waals surface area contributed by atoms with Crippen LogP contribution in [-0.4, -0.2) is 48.6 Å². The van der Waals surface area contributed by atoms with Gasteiger partial charge in [-0.2, -0.15) is 0 Å². The molecule has 6 nitrogen and oxygen atoms in total. The Morgan fingerprint density at radius 3 is 2.28 bits per heavy atom. The number of carbonyl (C=O) groups excluding carboxylic acids is 1. The predicted molar refractivity (Wildman–Crippen MR) is 131 cm³/mol. The van der Waals surface area contributed by atoms with Gasteiger partial charge >= 0.3 is 5.97 Å². The average molecular weight is 457 g/mol. The van der Waals surface area contributed by atoms with Crippen molar-refractivity contribution < 1.29 is 19.4 Å². The number of nitrogens with one attached hydrogen (secondary N) is 1. The van der Waals surface area contributed by atoms with Crippen molar-refractivity contribution in [2.24, 2.45) is 0 Å². The van der Waals surface area contributed by atoms with Gasteiger partial charge in [-0.1, -0.05) is 61.1 Å². The first-order chi connectivity index (χ1) is 15.4. The number of carboxylic acids is 1. The average Bonchev–Trinajstić information content (AvgIpc) is 2.78. The fraction of sp³-hybridized carbons (Fsp3) is 0.400. The molecule has 0 aliphatic carbocycles. The van der Waals surface area contributed by atoms with Crippen LogP contribution in [0.15, 0.2) is 54.6 Å². The number of anilines is 1. The van der Waals surface area contributed by atoms with Crippen LogP contribution >= 0.6 is 12.2 Å². The van der Waals surface area contributed by atoms with Crippen LogP contribution in [0, 0.1) is 0 Å². The monoisotopic (exact) mass is 456 g/mol. The second-order valence-electron chi connectivity index (χ2n) is 7.88. The smallest absolute Gasteiger partial charge is 0.328 e. The summed E-state index contributed by atoms with van der Waals surface area (Å²) in [5.74, 6) is -0.852. The van der Waals surface area contributed by atoms with Crippen LogP contribution in [0.2, 0.25) is 0 Å². The molecule has 2 aromatic carbocycles. The normalized spacial score (nSPS) is 11.6. The molecule has 0 aromatic heterocycles. The van der Waals surface area contributed by atoms with E-state index in [1.807, 2.05) is 73.6 Å². The minimum Gasteiger partial charge on any atom is -0.480 e. The second kappa shape index (κ2) is 13.6. The number of ketones is 1. The van der Waals surface area contributed by atoms with E-state index in [1.165, 1.54) is 0 Å². The number of hydrogen-bond donors (Lipinski definition) is 2. The van der Waals surface area contributed by atoms with Crippen molar-refractivity contribution in [3.63, 3.8) is 0 Å². The Balaban J connectivity index is 1.64. The van der Waals surface area contributed by atoms with Crippen LogP contribution in [-0.2, 0) is 16.1 Å². The molecule has 0 unspecified atom stereocenters. The van der Waals surface area contributed by atoms with Crippen LogP contribution in [0.1, 0.15) is 48.0 Å². The molecule has 32 heavy (non-hydrogen) atoms. The van der Waals surface area contributed by atoms with Gasteiger partial charge in [0.25, 0.3) is 0 Å². The second-order valence-corrected chi connectivity index (χ2v) is 8.38. The standard InChI is InChI=1S/C25H32N2O4S/c1-27(2)21-15-13-19(14-16-21)17-31-18-22(25(29)30)26-24(32)12-8-4-7-11-23(28)20-9-5-3-6-10-20/h3,5-6,9-10,13-16,22H,4,7-8,11-12,17-18H2,1-2H3,(H,26,32)(H,29,30)/t22-/m0/s1. The third-order valence-electron chi connectivity index (χ3n) is 5.04. The van der Waals surface area contributed by atoms with Gasteiger partial charge in [0.2, 0.25) is 0 Å². The van der Waals surface area contributed by atoms with Crippen LogP contribution < -0.4 is 10.2 Å². The number of unbranched alkanes of at least 4 members (excludes halogenated alkanes) is 2. The molecule has 0 amide bonds. The van der Waals surface area contributed by atoms with Gasteiger partial charge in [-0.15, -0.1) is 0 Å². The van der Waals surface area contributed by atoms with E-state index in [0.29, 0.717) is 24.4 Å². The Labute approximate surface area is 195 Å². The summed E-state index contributed by atoms with van der Waals surface area (Å²) in [6.45, 7) is 0.359. The number of Topliss-reactive ketones (excluding diaryl/α,β-unsaturated/α-hetero) is 1. The minimum absolute atomic E-state index is 0.0243. The highest BCUT2D eigenvalue weighted by atomic mass is 32.1. The molecule has 2 aromatic rings. The summed E-state index contributed by atoms with van der Waals surface area (Å²) >= 11 is 5.31. The van der Waals surface area contributed by atoms with Crippen LogP contribution in [0.25, 0.3) is 0 Å².